The molecule has 6 nitrogen and oxygen atoms in total. The van der Waals surface area contributed by atoms with Gasteiger partial charge < -0.3 is 19.5 Å². The fourth-order valence-corrected chi connectivity index (χ4v) is 2.58. The summed E-state index contributed by atoms with van der Waals surface area (Å²) in [5, 5.41) is 11.8. The van der Waals surface area contributed by atoms with Crippen molar-refractivity contribution >= 4 is 5.91 Å². The van der Waals surface area contributed by atoms with E-state index in [1.807, 2.05) is 18.2 Å². The van der Waals surface area contributed by atoms with Gasteiger partial charge in [-0.05, 0) is 41.8 Å². The molecule has 0 aromatic heterocycles. The number of benzene rings is 2. The molecule has 0 heterocycles. The number of rotatable bonds is 8. The van der Waals surface area contributed by atoms with E-state index in [-0.39, 0.29) is 5.91 Å². The Balaban J connectivity index is 1.95. The summed E-state index contributed by atoms with van der Waals surface area (Å²) in [6, 6.07) is 12.9. The molecular formula is C20H22N2O4. The molecular weight excluding hydrogens is 332 g/mol. The second-order valence-corrected chi connectivity index (χ2v) is 5.62. The minimum Gasteiger partial charge on any atom is -0.493 e. The molecule has 1 N–H and O–H groups in total. The Labute approximate surface area is 153 Å². The summed E-state index contributed by atoms with van der Waals surface area (Å²) >= 11 is 0. The zero-order chi connectivity index (χ0) is 18.9. The summed E-state index contributed by atoms with van der Waals surface area (Å²) in [4.78, 5) is 12.1. The number of hydrogen-bond donors (Lipinski definition) is 1. The molecule has 0 fully saturated rings. The van der Waals surface area contributed by atoms with Gasteiger partial charge in [-0.1, -0.05) is 12.1 Å². The highest BCUT2D eigenvalue weighted by Gasteiger charge is 2.13. The van der Waals surface area contributed by atoms with Crippen LogP contribution in [0.5, 0.6) is 17.2 Å². The number of ether oxygens (including phenoxy) is 3. The average Bonchev–Trinajstić information content (AvgIpc) is 2.69. The molecule has 1 amide bonds. The first-order chi connectivity index (χ1) is 12.6. The van der Waals surface area contributed by atoms with E-state index >= 15 is 0 Å². The third-order valence-electron chi connectivity index (χ3n) is 3.91. The van der Waals surface area contributed by atoms with Crippen LogP contribution in [0.25, 0.3) is 0 Å². The summed E-state index contributed by atoms with van der Waals surface area (Å²) < 4.78 is 15.9. The van der Waals surface area contributed by atoms with Gasteiger partial charge in [0.2, 0.25) is 11.7 Å². The molecule has 0 aliphatic rings. The lowest BCUT2D eigenvalue weighted by Gasteiger charge is -2.14. The van der Waals surface area contributed by atoms with Gasteiger partial charge >= 0.3 is 0 Å². The topological polar surface area (TPSA) is 80.6 Å². The number of nitrogens with one attached hydrogen (secondary N) is 1. The first-order valence-electron chi connectivity index (χ1n) is 8.16. The lowest BCUT2D eigenvalue weighted by molar-refractivity contribution is -0.121. The van der Waals surface area contributed by atoms with E-state index in [1.165, 1.54) is 0 Å². The lowest BCUT2D eigenvalue weighted by Crippen LogP contribution is -2.23. The van der Waals surface area contributed by atoms with E-state index in [2.05, 4.69) is 11.4 Å². The number of nitriles is 1. The lowest BCUT2D eigenvalue weighted by atomic mass is 10.1. The van der Waals surface area contributed by atoms with Gasteiger partial charge in [0.1, 0.15) is 0 Å². The molecule has 0 radical (unpaired) electrons. The Morgan fingerprint density at radius 2 is 1.73 bits per heavy atom. The zero-order valence-electron chi connectivity index (χ0n) is 15.2. The second-order valence-electron chi connectivity index (χ2n) is 5.62. The molecule has 0 aliphatic carbocycles. The first-order valence-corrected chi connectivity index (χ1v) is 8.16. The Morgan fingerprint density at radius 1 is 1.04 bits per heavy atom. The van der Waals surface area contributed by atoms with Gasteiger partial charge in [0.05, 0.1) is 33.0 Å². The molecule has 2 aromatic rings. The highest BCUT2D eigenvalue weighted by molar-refractivity contribution is 5.76. The molecule has 0 spiro atoms. The van der Waals surface area contributed by atoms with E-state index in [1.54, 1.807) is 39.5 Å². The fraction of sp³-hybridized carbons (Fsp3) is 0.300. The average molecular weight is 354 g/mol. The van der Waals surface area contributed by atoms with Crippen LogP contribution in [-0.2, 0) is 17.8 Å². The van der Waals surface area contributed by atoms with Gasteiger partial charge in [-0.2, -0.15) is 5.26 Å². The zero-order valence-corrected chi connectivity index (χ0v) is 15.2. The SMILES string of the molecule is COc1cc(CCC(=O)NCc2cccc(C#N)c2)cc(OC)c1OC. The van der Waals surface area contributed by atoms with Crippen molar-refractivity contribution in [3.05, 3.63) is 53.1 Å². The molecule has 0 aliphatic heterocycles. The summed E-state index contributed by atoms with van der Waals surface area (Å²) in [5.41, 5.74) is 2.39. The number of methoxy groups -OCH3 is 3. The predicted molar refractivity (Wildman–Crippen MR) is 97.4 cm³/mol. The molecule has 26 heavy (non-hydrogen) atoms. The number of nitrogens with zero attached hydrogens (tertiary/aromatic N) is 1. The Hall–Kier alpha value is -3.20. The van der Waals surface area contributed by atoms with Gasteiger partial charge in [-0.3, -0.25) is 4.79 Å². The molecule has 6 heteroatoms. The Bertz CT molecular complexity index is 787. The molecule has 0 atom stereocenters. The number of carbonyl (C=O) groups excluding carboxylic acids is 1. The van der Waals surface area contributed by atoms with Crippen LogP contribution in [0.4, 0.5) is 0 Å². The maximum atomic E-state index is 12.1. The predicted octanol–water partition coefficient (Wildman–Crippen LogP) is 2.83. The van der Waals surface area contributed by atoms with E-state index in [9.17, 15) is 4.79 Å². The highest BCUT2D eigenvalue weighted by atomic mass is 16.5. The van der Waals surface area contributed by atoms with Crippen LogP contribution >= 0.6 is 0 Å². The molecule has 2 aromatic carbocycles. The third kappa shape index (κ3) is 4.90. The van der Waals surface area contributed by atoms with E-state index in [0.717, 1.165) is 11.1 Å². The molecule has 0 bridgehead atoms. The normalized spacial score (nSPS) is 9.92. The summed E-state index contributed by atoms with van der Waals surface area (Å²) in [6.07, 6.45) is 0.872. The van der Waals surface area contributed by atoms with Crippen LogP contribution in [0.3, 0.4) is 0 Å². The smallest absolute Gasteiger partial charge is 0.220 e. The number of aryl methyl sites for hydroxylation is 1. The van der Waals surface area contributed by atoms with Gasteiger partial charge in [0, 0.05) is 13.0 Å². The van der Waals surface area contributed by atoms with Crippen molar-refractivity contribution in [2.24, 2.45) is 0 Å². The summed E-state index contributed by atoms with van der Waals surface area (Å²) in [7, 11) is 4.67. The van der Waals surface area contributed by atoms with Crippen molar-refractivity contribution in [1.82, 2.24) is 5.32 Å². The van der Waals surface area contributed by atoms with Gasteiger partial charge in [0.25, 0.3) is 0 Å². The summed E-state index contributed by atoms with van der Waals surface area (Å²) in [6.45, 7) is 0.392. The van der Waals surface area contributed by atoms with E-state index in [4.69, 9.17) is 19.5 Å². The van der Waals surface area contributed by atoms with Gasteiger partial charge in [0.15, 0.2) is 11.5 Å². The highest BCUT2D eigenvalue weighted by Crippen LogP contribution is 2.38. The Kier molecular flexibility index (Phi) is 6.86. The first kappa shape index (κ1) is 19.1. The van der Waals surface area contributed by atoms with Crippen molar-refractivity contribution in [1.29, 1.82) is 5.26 Å². The maximum Gasteiger partial charge on any atom is 0.220 e. The molecule has 0 unspecified atom stereocenters. The summed E-state index contributed by atoms with van der Waals surface area (Å²) in [5.74, 6) is 1.59. The van der Waals surface area contributed by atoms with E-state index < -0.39 is 0 Å². The Morgan fingerprint density at radius 3 is 2.31 bits per heavy atom. The monoisotopic (exact) mass is 354 g/mol. The minimum absolute atomic E-state index is 0.0684. The van der Waals surface area contributed by atoms with Crippen molar-refractivity contribution in [2.45, 2.75) is 19.4 Å². The second kappa shape index (κ2) is 9.33. The van der Waals surface area contributed by atoms with Crippen LogP contribution in [0.2, 0.25) is 0 Å². The van der Waals surface area contributed by atoms with E-state index in [0.29, 0.717) is 42.2 Å². The van der Waals surface area contributed by atoms with Crippen LogP contribution in [0.1, 0.15) is 23.1 Å². The van der Waals surface area contributed by atoms with Crippen LogP contribution in [0, 0.1) is 11.3 Å². The number of amides is 1. The van der Waals surface area contributed by atoms with Crippen molar-refractivity contribution < 1.29 is 19.0 Å². The molecule has 0 saturated carbocycles. The maximum absolute atomic E-state index is 12.1. The standard InChI is InChI=1S/C20H22N2O4/c1-24-17-10-14(11-18(25-2)20(17)26-3)7-8-19(23)22-13-16-6-4-5-15(9-16)12-21/h4-6,9-11H,7-8,13H2,1-3H3,(H,22,23). The quantitative estimate of drug-likeness (QED) is 0.788. The number of hydrogen-bond acceptors (Lipinski definition) is 5. The molecule has 0 saturated heterocycles. The van der Waals surface area contributed by atoms with Crippen molar-refractivity contribution in [3.63, 3.8) is 0 Å². The molecule has 136 valence electrons. The third-order valence-corrected chi connectivity index (χ3v) is 3.91. The van der Waals surface area contributed by atoms with Gasteiger partial charge in [-0.15, -0.1) is 0 Å². The largest absolute Gasteiger partial charge is 0.493 e. The van der Waals surface area contributed by atoms with Crippen molar-refractivity contribution in [3.8, 4) is 23.3 Å². The van der Waals surface area contributed by atoms with Crippen LogP contribution in [0.15, 0.2) is 36.4 Å². The van der Waals surface area contributed by atoms with Crippen LogP contribution < -0.4 is 19.5 Å². The van der Waals surface area contributed by atoms with Gasteiger partial charge in [-0.25, -0.2) is 0 Å². The minimum atomic E-state index is -0.0684. The van der Waals surface area contributed by atoms with Crippen molar-refractivity contribution in [2.75, 3.05) is 21.3 Å². The number of carbonyl (C=O) groups is 1. The fourth-order valence-electron chi connectivity index (χ4n) is 2.58. The van der Waals surface area contributed by atoms with Crippen LogP contribution in [-0.4, -0.2) is 27.2 Å². The molecule has 2 rings (SSSR count).